The molecule has 1 amide bonds. The second kappa shape index (κ2) is 8.09. The van der Waals surface area contributed by atoms with E-state index in [-0.39, 0.29) is 11.3 Å². The highest BCUT2D eigenvalue weighted by molar-refractivity contribution is 5.87. The highest BCUT2D eigenvalue weighted by Crippen LogP contribution is 2.50. The van der Waals surface area contributed by atoms with E-state index >= 15 is 0 Å². The number of aryl methyl sites for hydroxylation is 1. The Kier molecular flexibility index (Phi) is 5.41. The fourth-order valence-corrected chi connectivity index (χ4v) is 5.57. The Balaban J connectivity index is 1.40. The van der Waals surface area contributed by atoms with E-state index in [9.17, 15) is 4.79 Å². The molecule has 5 nitrogen and oxygen atoms in total. The summed E-state index contributed by atoms with van der Waals surface area (Å²) in [5, 5.41) is 0. The Labute approximate surface area is 186 Å². The number of nitrogens with zero attached hydrogens (tertiary/aromatic N) is 4. The van der Waals surface area contributed by atoms with Crippen LogP contribution in [0.2, 0.25) is 0 Å². The van der Waals surface area contributed by atoms with Gasteiger partial charge in [-0.25, -0.2) is 4.98 Å². The molecule has 3 heterocycles. The van der Waals surface area contributed by atoms with Crippen molar-refractivity contribution in [2.45, 2.75) is 65.0 Å². The standard InChI is InChI=1S/C26H36N4O/c1-4-20-5-7-21(8-6-20)13-28-15-23(24-16-30(18-27-24)19(2)3)26(17-28)11-12-29(25(26)31)14-22-9-10-22/h5-8,16,18-19,22-23H,4,9-15,17H2,1-3H3/t23-,26+/m1/s1. The van der Waals surface area contributed by atoms with E-state index < -0.39 is 0 Å². The monoisotopic (exact) mass is 420 g/mol. The molecular formula is C26H36N4O. The van der Waals surface area contributed by atoms with Gasteiger partial charge >= 0.3 is 0 Å². The number of aromatic nitrogens is 2. The minimum Gasteiger partial charge on any atom is -0.342 e. The molecule has 1 saturated carbocycles. The van der Waals surface area contributed by atoms with Gasteiger partial charge in [0.1, 0.15) is 0 Å². The molecule has 1 spiro atoms. The van der Waals surface area contributed by atoms with Crippen molar-refractivity contribution in [3.05, 3.63) is 53.6 Å². The first-order valence-corrected chi connectivity index (χ1v) is 12.1. The molecule has 0 bridgehead atoms. The van der Waals surface area contributed by atoms with Crippen molar-refractivity contribution in [2.75, 3.05) is 26.2 Å². The van der Waals surface area contributed by atoms with Crippen LogP contribution in [0.4, 0.5) is 0 Å². The van der Waals surface area contributed by atoms with Crippen LogP contribution in [0, 0.1) is 11.3 Å². The van der Waals surface area contributed by atoms with Crippen LogP contribution in [0.15, 0.2) is 36.8 Å². The molecule has 1 aliphatic carbocycles. The van der Waals surface area contributed by atoms with Gasteiger partial charge in [-0.3, -0.25) is 9.69 Å². The SMILES string of the molecule is CCc1ccc(CN2C[C@H](c3cn(C(C)C)cn3)[C@]3(CCN(CC4CC4)C3=O)C2)cc1. The second-order valence-corrected chi connectivity index (χ2v) is 10.3. The smallest absolute Gasteiger partial charge is 0.230 e. The molecule has 2 saturated heterocycles. The van der Waals surface area contributed by atoms with Crippen molar-refractivity contribution in [3.8, 4) is 0 Å². The molecule has 0 N–H and O–H groups in total. The van der Waals surface area contributed by atoms with Crippen molar-refractivity contribution in [1.29, 1.82) is 0 Å². The summed E-state index contributed by atoms with van der Waals surface area (Å²) >= 11 is 0. The van der Waals surface area contributed by atoms with Gasteiger partial charge in [0.05, 0.1) is 17.4 Å². The molecule has 31 heavy (non-hydrogen) atoms. The van der Waals surface area contributed by atoms with Crippen LogP contribution in [-0.2, 0) is 17.8 Å². The number of benzene rings is 1. The van der Waals surface area contributed by atoms with E-state index in [0.717, 1.165) is 57.2 Å². The van der Waals surface area contributed by atoms with Crippen molar-refractivity contribution < 1.29 is 4.79 Å². The molecule has 0 radical (unpaired) electrons. The number of likely N-dealkylation sites (tertiary alicyclic amines) is 2. The van der Waals surface area contributed by atoms with Crippen molar-refractivity contribution in [3.63, 3.8) is 0 Å². The van der Waals surface area contributed by atoms with Gasteiger partial charge in [-0.15, -0.1) is 0 Å². The quantitative estimate of drug-likeness (QED) is 0.672. The fraction of sp³-hybridized carbons (Fsp3) is 0.615. The molecule has 2 aromatic rings. The second-order valence-electron chi connectivity index (χ2n) is 10.3. The van der Waals surface area contributed by atoms with Crippen LogP contribution in [-0.4, -0.2) is 51.4 Å². The van der Waals surface area contributed by atoms with E-state index in [1.54, 1.807) is 0 Å². The number of hydrogen-bond donors (Lipinski definition) is 0. The van der Waals surface area contributed by atoms with Gasteiger partial charge in [0, 0.05) is 50.9 Å². The highest BCUT2D eigenvalue weighted by atomic mass is 16.2. The molecule has 1 aromatic heterocycles. The predicted molar refractivity (Wildman–Crippen MR) is 123 cm³/mol. The number of imidazole rings is 1. The van der Waals surface area contributed by atoms with E-state index in [1.165, 1.54) is 24.0 Å². The van der Waals surface area contributed by atoms with Crippen molar-refractivity contribution >= 4 is 5.91 Å². The summed E-state index contributed by atoms with van der Waals surface area (Å²) in [6, 6.07) is 9.37. The molecule has 0 unspecified atom stereocenters. The largest absolute Gasteiger partial charge is 0.342 e. The van der Waals surface area contributed by atoms with Crippen LogP contribution >= 0.6 is 0 Å². The zero-order chi connectivity index (χ0) is 21.6. The molecule has 5 heteroatoms. The van der Waals surface area contributed by atoms with E-state index in [1.807, 2.05) is 6.33 Å². The molecular weight excluding hydrogens is 384 g/mol. The summed E-state index contributed by atoms with van der Waals surface area (Å²) in [4.78, 5) is 23.2. The van der Waals surface area contributed by atoms with Crippen molar-refractivity contribution in [2.24, 2.45) is 11.3 Å². The zero-order valence-electron chi connectivity index (χ0n) is 19.3. The first kappa shape index (κ1) is 20.7. The van der Waals surface area contributed by atoms with Crippen LogP contribution in [0.3, 0.4) is 0 Å². The van der Waals surface area contributed by atoms with E-state index in [4.69, 9.17) is 4.98 Å². The lowest BCUT2D eigenvalue weighted by Gasteiger charge is -2.28. The van der Waals surface area contributed by atoms with E-state index in [0.29, 0.717) is 11.9 Å². The number of rotatable bonds is 7. The number of amides is 1. The number of hydrogen-bond acceptors (Lipinski definition) is 3. The van der Waals surface area contributed by atoms with Crippen LogP contribution in [0.5, 0.6) is 0 Å². The van der Waals surface area contributed by atoms with Gasteiger partial charge in [-0.1, -0.05) is 31.2 Å². The van der Waals surface area contributed by atoms with Gasteiger partial charge in [0.25, 0.3) is 0 Å². The number of carbonyl (C=O) groups excluding carboxylic acids is 1. The maximum Gasteiger partial charge on any atom is 0.230 e. The van der Waals surface area contributed by atoms with Gasteiger partial charge in [0.2, 0.25) is 5.91 Å². The first-order valence-electron chi connectivity index (χ1n) is 12.1. The van der Waals surface area contributed by atoms with Gasteiger partial charge in [0.15, 0.2) is 0 Å². The molecule has 5 rings (SSSR count). The molecule has 3 aliphatic rings. The maximum atomic E-state index is 13.8. The lowest BCUT2D eigenvalue weighted by molar-refractivity contribution is -0.136. The summed E-state index contributed by atoms with van der Waals surface area (Å²) in [7, 11) is 0. The van der Waals surface area contributed by atoms with Gasteiger partial charge < -0.3 is 9.47 Å². The third-order valence-corrected chi connectivity index (χ3v) is 7.74. The summed E-state index contributed by atoms with van der Waals surface area (Å²) in [5.74, 6) is 1.30. The fourth-order valence-electron chi connectivity index (χ4n) is 5.57. The lowest BCUT2D eigenvalue weighted by Crippen LogP contribution is -2.40. The molecule has 2 aliphatic heterocycles. The maximum absolute atomic E-state index is 13.8. The average Bonchev–Trinajstić information content (AvgIpc) is 3.19. The van der Waals surface area contributed by atoms with Crippen LogP contribution in [0.25, 0.3) is 0 Å². The number of carbonyl (C=O) groups is 1. The Hall–Kier alpha value is -2.14. The summed E-state index contributed by atoms with van der Waals surface area (Å²) in [5.41, 5.74) is 3.49. The Morgan fingerprint density at radius 2 is 1.90 bits per heavy atom. The average molecular weight is 421 g/mol. The van der Waals surface area contributed by atoms with Crippen LogP contribution < -0.4 is 0 Å². The van der Waals surface area contributed by atoms with Crippen molar-refractivity contribution in [1.82, 2.24) is 19.4 Å². The summed E-state index contributed by atoms with van der Waals surface area (Å²) in [6.45, 7) is 11.1. The Morgan fingerprint density at radius 3 is 2.55 bits per heavy atom. The molecule has 166 valence electrons. The third-order valence-electron chi connectivity index (χ3n) is 7.74. The lowest BCUT2D eigenvalue weighted by atomic mass is 9.75. The first-order chi connectivity index (χ1) is 15.0. The van der Waals surface area contributed by atoms with Gasteiger partial charge in [-0.2, -0.15) is 0 Å². The minimum absolute atomic E-state index is 0.180. The minimum atomic E-state index is -0.311. The van der Waals surface area contributed by atoms with E-state index in [2.05, 4.69) is 65.6 Å². The molecule has 3 fully saturated rings. The topological polar surface area (TPSA) is 41.4 Å². The normalized spacial score (nSPS) is 26.6. The zero-order valence-corrected chi connectivity index (χ0v) is 19.3. The highest BCUT2D eigenvalue weighted by Gasteiger charge is 2.58. The summed E-state index contributed by atoms with van der Waals surface area (Å²) < 4.78 is 2.18. The Morgan fingerprint density at radius 1 is 1.16 bits per heavy atom. The predicted octanol–water partition coefficient (Wildman–Crippen LogP) is 4.25. The van der Waals surface area contributed by atoms with Crippen LogP contribution in [0.1, 0.15) is 68.8 Å². The third kappa shape index (κ3) is 3.93. The molecule has 1 aromatic carbocycles. The molecule has 2 atom stereocenters. The Bertz CT molecular complexity index is 929. The van der Waals surface area contributed by atoms with Gasteiger partial charge in [-0.05, 0) is 56.6 Å². The summed E-state index contributed by atoms with van der Waals surface area (Å²) in [6.07, 6.45) is 8.74.